The van der Waals surface area contributed by atoms with Crippen LogP contribution in [-0.2, 0) is 11.3 Å². The Hall–Kier alpha value is -1.23. The summed E-state index contributed by atoms with van der Waals surface area (Å²) in [6.45, 7) is 4.14. The number of hydrogen-bond acceptors (Lipinski definition) is 4. The third-order valence-electron chi connectivity index (χ3n) is 1.56. The van der Waals surface area contributed by atoms with Gasteiger partial charge in [0.25, 0.3) is 0 Å². The van der Waals surface area contributed by atoms with E-state index in [4.69, 9.17) is 4.74 Å². The quantitative estimate of drug-likeness (QED) is 0.476. The molecule has 1 aromatic heterocycles. The normalized spacial score (nSPS) is 10.2. The van der Waals surface area contributed by atoms with Crippen LogP contribution in [0.5, 0.6) is 0 Å². The molecular weight excluding hydrogens is 170 g/mol. The average Bonchev–Trinajstić information content (AvgIpc) is 2.60. The van der Waals surface area contributed by atoms with Crippen LogP contribution in [0.1, 0.15) is 23.8 Å². The van der Waals surface area contributed by atoms with E-state index >= 15 is 0 Å². The summed E-state index contributed by atoms with van der Waals surface area (Å²) in [6, 6.07) is 0. The maximum atomic E-state index is 10.3. The number of rotatable bonds is 6. The summed E-state index contributed by atoms with van der Waals surface area (Å²) >= 11 is 0. The van der Waals surface area contributed by atoms with Crippen molar-refractivity contribution in [3.05, 3.63) is 11.9 Å². The van der Waals surface area contributed by atoms with Gasteiger partial charge in [0.15, 0.2) is 6.29 Å². The van der Waals surface area contributed by atoms with Gasteiger partial charge >= 0.3 is 0 Å². The van der Waals surface area contributed by atoms with Crippen molar-refractivity contribution in [1.82, 2.24) is 15.0 Å². The third-order valence-corrected chi connectivity index (χ3v) is 1.56. The number of aldehydes is 1. The minimum atomic E-state index is 0.372. The molecule has 0 fully saturated rings. The fraction of sp³-hybridized carbons (Fsp3) is 0.625. The first kappa shape index (κ1) is 9.85. The Morgan fingerprint density at radius 2 is 2.54 bits per heavy atom. The van der Waals surface area contributed by atoms with E-state index in [2.05, 4.69) is 10.3 Å². The monoisotopic (exact) mass is 183 g/mol. The molecule has 13 heavy (non-hydrogen) atoms. The van der Waals surface area contributed by atoms with Crippen LogP contribution in [0.15, 0.2) is 6.20 Å². The molecule has 1 rings (SSSR count). The highest BCUT2D eigenvalue weighted by atomic mass is 16.5. The van der Waals surface area contributed by atoms with Crippen LogP contribution >= 0.6 is 0 Å². The predicted octanol–water partition coefficient (Wildman–Crippen LogP) is 0.517. The Kier molecular flexibility index (Phi) is 4.11. The summed E-state index contributed by atoms with van der Waals surface area (Å²) in [7, 11) is 0. The number of nitrogens with zero attached hydrogens (tertiary/aromatic N) is 3. The number of ether oxygens (including phenoxy) is 1. The lowest BCUT2D eigenvalue weighted by Crippen LogP contribution is -2.03. The first-order valence-corrected chi connectivity index (χ1v) is 4.30. The lowest BCUT2D eigenvalue weighted by Gasteiger charge is -1.99. The fourth-order valence-electron chi connectivity index (χ4n) is 0.950. The second-order valence-corrected chi connectivity index (χ2v) is 2.57. The van der Waals surface area contributed by atoms with Gasteiger partial charge in [0.2, 0.25) is 0 Å². The van der Waals surface area contributed by atoms with Crippen molar-refractivity contribution in [2.45, 2.75) is 19.9 Å². The molecule has 0 aliphatic carbocycles. The fourth-order valence-corrected chi connectivity index (χ4v) is 0.950. The SMILES string of the molecule is CCOCCCn1cc(C=O)nn1. The van der Waals surface area contributed by atoms with Gasteiger partial charge in [-0.25, -0.2) is 0 Å². The van der Waals surface area contributed by atoms with E-state index in [0.717, 1.165) is 19.6 Å². The van der Waals surface area contributed by atoms with Gasteiger partial charge < -0.3 is 4.74 Å². The highest BCUT2D eigenvalue weighted by Gasteiger charge is 1.97. The molecule has 0 saturated heterocycles. The zero-order valence-electron chi connectivity index (χ0n) is 7.64. The summed E-state index contributed by atoms with van der Waals surface area (Å²) < 4.78 is 6.80. The summed E-state index contributed by atoms with van der Waals surface area (Å²) in [6.07, 6.45) is 3.19. The molecule has 5 nitrogen and oxygen atoms in total. The van der Waals surface area contributed by atoms with Crippen LogP contribution in [0.4, 0.5) is 0 Å². The first-order valence-electron chi connectivity index (χ1n) is 4.30. The van der Waals surface area contributed by atoms with Crippen LogP contribution in [0.2, 0.25) is 0 Å². The smallest absolute Gasteiger partial charge is 0.171 e. The molecule has 0 bridgehead atoms. The van der Waals surface area contributed by atoms with E-state index in [-0.39, 0.29) is 0 Å². The highest BCUT2D eigenvalue weighted by molar-refractivity contribution is 5.70. The van der Waals surface area contributed by atoms with Gasteiger partial charge in [-0.1, -0.05) is 5.21 Å². The molecule has 0 radical (unpaired) electrons. The molecule has 1 heterocycles. The maximum Gasteiger partial charge on any atom is 0.171 e. The minimum Gasteiger partial charge on any atom is -0.382 e. The van der Waals surface area contributed by atoms with Crippen molar-refractivity contribution in [3.63, 3.8) is 0 Å². The zero-order chi connectivity index (χ0) is 9.52. The van der Waals surface area contributed by atoms with Gasteiger partial charge in [0.1, 0.15) is 5.69 Å². The number of aryl methyl sites for hydroxylation is 1. The average molecular weight is 183 g/mol. The number of carbonyl (C=O) groups excluding carboxylic acids is 1. The van der Waals surface area contributed by atoms with Crippen molar-refractivity contribution < 1.29 is 9.53 Å². The largest absolute Gasteiger partial charge is 0.382 e. The van der Waals surface area contributed by atoms with Gasteiger partial charge in [-0.2, -0.15) is 0 Å². The van der Waals surface area contributed by atoms with Crippen molar-refractivity contribution in [2.24, 2.45) is 0 Å². The van der Waals surface area contributed by atoms with E-state index in [0.29, 0.717) is 18.6 Å². The molecule has 72 valence electrons. The topological polar surface area (TPSA) is 57.0 Å². The molecule has 1 aromatic rings. The molecule has 0 aliphatic heterocycles. The minimum absolute atomic E-state index is 0.372. The molecule has 0 aromatic carbocycles. The molecule has 0 amide bonds. The zero-order valence-corrected chi connectivity index (χ0v) is 7.64. The van der Waals surface area contributed by atoms with E-state index in [1.54, 1.807) is 10.9 Å². The maximum absolute atomic E-state index is 10.3. The van der Waals surface area contributed by atoms with Crippen molar-refractivity contribution in [1.29, 1.82) is 0 Å². The molecule has 0 saturated carbocycles. The van der Waals surface area contributed by atoms with Crippen LogP contribution in [0, 0.1) is 0 Å². The first-order chi connectivity index (χ1) is 6.36. The van der Waals surface area contributed by atoms with E-state index in [1.807, 2.05) is 6.92 Å². The number of hydrogen-bond donors (Lipinski definition) is 0. The Morgan fingerprint density at radius 1 is 1.69 bits per heavy atom. The number of carbonyl (C=O) groups is 1. The van der Waals surface area contributed by atoms with Crippen molar-refractivity contribution in [2.75, 3.05) is 13.2 Å². The van der Waals surface area contributed by atoms with Gasteiger partial charge in [-0.15, -0.1) is 5.10 Å². The van der Waals surface area contributed by atoms with E-state index in [9.17, 15) is 4.79 Å². The van der Waals surface area contributed by atoms with Crippen LogP contribution < -0.4 is 0 Å². The van der Waals surface area contributed by atoms with Crippen LogP contribution in [-0.4, -0.2) is 34.5 Å². The van der Waals surface area contributed by atoms with Gasteiger partial charge in [0, 0.05) is 19.8 Å². The lowest BCUT2D eigenvalue weighted by atomic mass is 10.4. The standard InChI is InChI=1S/C8H13N3O2/c1-2-13-5-3-4-11-6-8(7-12)9-10-11/h6-7H,2-5H2,1H3. The third kappa shape index (κ3) is 3.33. The summed E-state index contributed by atoms with van der Waals surface area (Å²) in [4.78, 5) is 10.3. The second kappa shape index (κ2) is 5.42. The second-order valence-electron chi connectivity index (χ2n) is 2.57. The van der Waals surface area contributed by atoms with E-state index in [1.165, 1.54) is 0 Å². The highest BCUT2D eigenvalue weighted by Crippen LogP contribution is 1.92. The molecular formula is C8H13N3O2. The van der Waals surface area contributed by atoms with E-state index < -0.39 is 0 Å². The molecule has 0 atom stereocenters. The van der Waals surface area contributed by atoms with Crippen molar-refractivity contribution >= 4 is 6.29 Å². The van der Waals surface area contributed by atoms with Gasteiger partial charge in [-0.3, -0.25) is 9.48 Å². The summed E-state index contributed by atoms with van der Waals surface area (Å²) in [5.41, 5.74) is 0.372. The molecule has 0 spiro atoms. The predicted molar refractivity (Wildman–Crippen MR) is 46.5 cm³/mol. The van der Waals surface area contributed by atoms with Crippen LogP contribution in [0.3, 0.4) is 0 Å². The Labute approximate surface area is 76.7 Å². The summed E-state index contributed by atoms with van der Waals surface area (Å²) in [5.74, 6) is 0. The summed E-state index contributed by atoms with van der Waals surface area (Å²) in [5, 5.41) is 7.40. The number of aromatic nitrogens is 3. The Bertz CT molecular complexity index is 260. The van der Waals surface area contributed by atoms with Crippen molar-refractivity contribution in [3.8, 4) is 0 Å². The Balaban J connectivity index is 2.24. The van der Waals surface area contributed by atoms with Crippen LogP contribution in [0.25, 0.3) is 0 Å². The van der Waals surface area contributed by atoms with Gasteiger partial charge in [0.05, 0.1) is 6.20 Å². The lowest BCUT2D eigenvalue weighted by molar-refractivity contribution is 0.111. The molecule has 0 unspecified atom stereocenters. The Morgan fingerprint density at radius 3 is 3.15 bits per heavy atom. The molecule has 5 heteroatoms. The molecule has 0 N–H and O–H groups in total. The molecule has 0 aliphatic rings. The van der Waals surface area contributed by atoms with Gasteiger partial charge in [-0.05, 0) is 13.3 Å².